The van der Waals surface area contributed by atoms with Gasteiger partial charge in [0.15, 0.2) is 5.78 Å². The van der Waals surface area contributed by atoms with E-state index >= 15 is 0 Å². The molecule has 18 heavy (non-hydrogen) atoms. The van der Waals surface area contributed by atoms with Crippen molar-refractivity contribution in [2.24, 2.45) is 11.1 Å². The van der Waals surface area contributed by atoms with Gasteiger partial charge in [0.05, 0.1) is 6.04 Å². The first kappa shape index (κ1) is 16.9. The van der Waals surface area contributed by atoms with E-state index in [1.54, 1.807) is 20.8 Å². The Hall–Kier alpha value is -1.10. The van der Waals surface area contributed by atoms with Crippen LogP contribution in [0.15, 0.2) is 0 Å². The molecule has 0 rings (SSSR count). The molecule has 5 nitrogen and oxygen atoms in total. The molecule has 0 bridgehead atoms. The van der Waals surface area contributed by atoms with E-state index in [0.717, 1.165) is 0 Å². The van der Waals surface area contributed by atoms with E-state index in [-0.39, 0.29) is 24.2 Å². The van der Waals surface area contributed by atoms with Crippen LogP contribution >= 0.6 is 0 Å². The number of Topliss-reactive ketones (excluding diaryl/α,β-unsaturated/α-hetero) is 1. The lowest BCUT2D eigenvalue weighted by molar-refractivity contribution is -0.123. The maximum absolute atomic E-state index is 11.9. The summed E-state index contributed by atoms with van der Waals surface area (Å²) in [5.41, 5.74) is 4.43. The first-order chi connectivity index (χ1) is 7.97. The van der Waals surface area contributed by atoms with Gasteiger partial charge < -0.3 is 15.8 Å². The van der Waals surface area contributed by atoms with Gasteiger partial charge in [-0.1, -0.05) is 20.8 Å². The summed E-state index contributed by atoms with van der Waals surface area (Å²) in [6.45, 7) is 11.3. The Balaban J connectivity index is 4.72. The topological polar surface area (TPSA) is 81.4 Å². The third kappa shape index (κ3) is 6.59. The smallest absolute Gasteiger partial charge is 0.408 e. The Morgan fingerprint density at radius 1 is 1.17 bits per heavy atom. The molecule has 0 aliphatic carbocycles. The molecule has 1 atom stereocenters. The summed E-state index contributed by atoms with van der Waals surface area (Å²) in [6.07, 6.45) is -0.328. The second kappa shape index (κ2) is 6.18. The molecule has 0 aromatic rings. The molecule has 0 aromatic carbocycles. The van der Waals surface area contributed by atoms with Crippen LogP contribution in [-0.2, 0) is 9.53 Å². The average molecular weight is 258 g/mol. The molecular weight excluding hydrogens is 232 g/mol. The number of nitrogens with one attached hydrogen (secondary N) is 1. The molecule has 0 aromatic heterocycles. The summed E-state index contributed by atoms with van der Waals surface area (Å²) >= 11 is 0. The van der Waals surface area contributed by atoms with Gasteiger partial charge in [-0.2, -0.15) is 0 Å². The zero-order valence-corrected chi connectivity index (χ0v) is 12.3. The first-order valence-electron chi connectivity index (χ1n) is 6.19. The van der Waals surface area contributed by atoms with E-state index in [1.165, 1.54) is 0 Å². The lowest BCUT2D eigenvalue weighted by Gasteiger charge is -2.31. The van der Waals surface area contributed by atoms with Crippen LogP contribution in [0.1, 0.15) is 48.0 Å². The number of hydrogen-bond donors (Lipinski definition) is 2. The lowest BCUT2D eigenvalue weighted by atomic mass is 9.83. The number of carbonyl (C=O) groups excluding carboxylic acids is 2. The van der Waals surface area contributed by atoms with E-state index in [1.807, 2.05) is 20.8 Å². The molecule has 0 spiro atoms. The number of nitrogens with two attached hydrogens (primary N) is 1. The van der Waals surface area contributed by atoms with Crippen LogP contribution in [0.4, 0.5) is 4.79 Å². The van der Waals surface area contributed by atoms with Gasteiger partial charge in [0.2, 0.25) is 0 Å². The molecule has 0 saturated heterocycles. The highest BCUT2D eigenvalue weighted by molar-refractivity contribution is 5.88. The van der Waals surface area contributed by atoms with Crippen molar-refractivity contribution in [3.05, 3.63) is 0 Å². The van der Waals surface area contributed by atoms with Crippen molar-refractivity contribution in [1.82, 2.24) is 5.32 Å². The summed E-state index contributed by atoms with van der Waals surface area (Å²) in [4.78, 5) is 23.6. The minimum absolute atomic E-state index is 0.0733. The summed E-state index contributed by atoms with van der Waals surface area (Å²) in [5.74, 6) is -0.0733. The van der Waals surface area contributed by atoms with Crippen LogP contribution in [0.25, 0.3) is 0 Å². The zero-order chi connectivity index (χ0) is 14.6. The monoisotopic (exact) mass is 258 g/mol. The number of carbonyl (C=O) groups is 2. The minimum atomic E-state index is -0.587. The Kier molecular flexibility index (Phi) is 5.80. The molecule has 0 fully saturated rings. The molecule has 106 valence electrons. The molecule has 0 radical (unpaired) electrons. The molecule has 0 heterocycles. The second-order valence-electron chi connectivity index (χ2n) is 6.45. The average Bonchev–Trinajstić information content (AvgIpc) is 2.09. The Morgan fingerprint density at radius 2 is 1.67 bits per heavy atom. The zero-order valence-electron chi connectivity index (χ0n) is 12.3. The summed E-state index contributed by atoms with van der Waals surface area (Å²) in [7, 11) is 0. The van der Waals surface area contributed by atoms with Crippen molar-refractivity contribution in [1.29, 1.82) is 0 Å². The maximum atomic E-state index is 11.9. The van der Waals surface area contributed by atoms with E-state index in [0.29, 0.717) is 0 Å². The van der Waals surface area contributed by atoms with Crippen molar-refractivity contribution in [2.45, 2.75) is 59.6 Å². The fourth-order valence-corrected chi connectivity index (χ4v) is 1.49. The van der Waals surface area contributed by atoms with Gasteiger partial charge in [-0.15, -0.1) is 0 Å². The molecule has 3 N–H and O–H groups in total. The van der Waals surface area contributed by atoms with Crippen molar-refractivity contribution in [3.8, 4) is 0 Å². The van der Waals surface area contributed by atoms with E-state index in [4.69, 9.17) is 10.5 Å². The minimum Gasteiger partial charge on any atom is -0.444 e. The van der Waals surface area contributed by atoms with Gasteiger partial charge in [-0.25, -0.2) is 4.79 Å². The van der Waals surface area contributed by atoms with E-state index < -0.39 is 17.7 Å². The van der Waals surface area contributed by atoms with Crippen LogP contribution in [0, 0.1) is 5.41 Å². The Bertz CT molecular complexity index is 300. The van der Waals surface area contributed by atoms with Crippen molar-refractivity contribution in [2.75, 3.05) is 6.54 Å². The Labute approximate surface area is 109 Å². The quantitative estimate of drug-likeness (QED) is 0.806. The van der Waals surface area contributed by atoms with Crippen LogP contribution in [-0.4, -0.2) is 30.1 Å². The van der Waals surface area contributed by atoms with Gasteiger partial charge in [0.25, 0.3) is 0 Å². The summed E-state index contributed by atoms with van der Waals surface area (Å²) < 4.78 is 5.16. The number of amides is 1. The highest BCUT2D eigenvalue weighted by Gasteiger charge is 2.33. The summed E-state index contributed by atoms with van der Waals surface area (Å²) in [5, 5.41) is 2.63. The predicted octanol–water partition coefficient (Wildman–Crippen LogP) is 1.84. The first-order valence-corrected chi connectivity index (χ1v) is 6.19. The second-order valence-corrected chi connectivity index (χ2v) is 6.45. The SMILES string of the molecule is CC(C)(C)OC(=O)NC(C(=O)CCN)C(C)(C)C. The normalized spacial score (nSPS) is 13.9. The molecule has 5 heteroatoms. The van der Waals surface area contributed by atoms with Gasteiger partial charge in [-0.05, 0) is 32.7 Å². The maximum Gasteiger partial charge on any atom is 0.408 e. The van der Waals surface area contributed by atoms with Crippen molar-refractivity contribution in [3.63, 3.8) is 0 Å². The fourth-order valence-electron chi connectivity index (χ4n) is 1.49. The van der Waals surface area contributed by atoms with Gasteiger partial charge in [0.1, 0.15) is 5.60 Å². The molecule has 1 amide bonds. The number of hydrogen-bond acceptors (Lipinski definition) is 4. The number of ether oxygens (including phenoxy) is 1. The molecular formula is C13H26N2O3. The standard InChI is InChI=1S/C13H26N2O3/c1-12(2,3)10(9(16)7-8-14)15-11(17)18-13(4,5)6/h10H,7-8,14H2,1-6H3,(H,15,17). The molecule has 1 unspecified atom stereocenters. The number of ketones is 1. The molecule has 0 aliphatic heterocycles. The highest BCUT2D eigenvalue weighted by Crippen LogP contribution is 2.21. The van der Waals surface area contributed by atoms with E-state index in [2.05, 4.69) is 5.32 Å². The van der Waals surface area contributed by atoms with Crippen molar-refractivity contribution < 1.29 is 14.3 Å². The number of alkyl carbamates (subject to hydrolysis) is 1. The van der Waals surface area contributed by atoms with E-state index in [9.17, 15) is 9.59 Å². The fraction of sp³-hybridized carbons (Fsp3) is 0.846. The third-order valence-electron chi connectivity index (χ3n) is 2.24. The highest BCUT2D eigenvalue weighted by atomic mass is 16.6. The van der Waals surface area contributed by atoms with Crippen LogP contribution in [0.3, 0.4) is 0 Å². The van der Waals surface area contributed by atoms with Gasteiger partial charge >= 0.3 is 6.09 Å². The largest absolute Gasteiger partial charge is 0.444 e. The van der Waals surface area contributed by atoms with Gasteiger partial charge in [0, 0.05) is 6.42 Å². The van der Waals surface area contributed by atoms with Crippen molar-refractivity contribution >= 4 is 11.9 Å². The van der Waals surface area contributed by atoms with Crippen LogP contribution in [0.2, 0.25) is 0 Å². The molecule has 0 aliphatic rings. The summed E-state index contributed by atoms with van der Waals surface area (Å²) in [6, 6.07) is -0.587. The van der Waals surface area contributed by atoms with Crippen LogP contribution < -0.4 is 11.1 Å². The Morgan fingerprint density at radius 3 is 2.00 bits per heavy atom. The lowest BCUT2D eigenvalue weighted by Crippen LogP contribution is -2.50. The van der Waals surface area contributed by atoms with Crippen LogP contribution in [0.5, 0.6) is 0 Å². The number of rotatable bonds is 4. The van der Waals surface area contributed by atoms with Gasteiger partial charge in [-0.3, -0.25) is 4.79 Å². The molecule has 0 saturated carbocycles. The predicted molar refractivity (Wildman–Crippen MR) is 71.3 cm³/mol. The third-order valence-corrected chi connectivity index (χ3v) is 2.24.